The maximum Gasteiger partial charge on any atom is 0.293 e. The molecule has 0 amide bonds. The fourth-order valence-electron chi connectivity index (χ4n) is 2.82. The lowest BCUT2D eigenvalue weighted by molar-refractivity contribution is -0.384. The Balaban J connectivity index is 2.08. The van der Waals surface area contributed by atoms with Crippen LogP contribution in [0.2, 0.25) is 0 Å². The second kappa shape index (κ2) is 7.79. The van der Waals surface area contributed by atoms with E-state index < -0.39 is 21.0 Å². The molecule has 0 aliphatic carbocycles. The van der Waals surface area contributed by atoms with Gasteiger partial charge in [0.15, 0.2) is 0 Å². The van der Waals surface area contributed by atoms with Crippen molar-refractivity contribution in [2.45, 2.75) is 10.9 Å². The Hall–Kier alpha value is -3.24. The first-order valence-electron chi connectivity index (χ1n) is 8.34. The molecule has 1 heterocycles. The van der Waals surface area contributed by atoms with Crippen LogP contribution in [0.3, 0.4) is 0 Å². The average molecular weight is 401 g/mol. The largest absolute Gasteiger partial charge is 0.366 e. The van der Waals surface area contributed by atoms with Crippen LogP contribution in [0.25, 0.3) is 0 Å². The van der Waals surface area contributed by atoms with Crippen molar-refractivity contribution in [1.29, 1.82) is 0 Å². The van der Waals surface area contributed by atoms with Gasteiger partial charge in [-0.15, -0.1) is 0 Å². The van der Waals surface area contributed by atoms with E-state index in [0.29, 0.717) is 5.82 Å². The number of hydrogen-bond donors (Lipinski definition) is 2. The molecule has 3 rings (SSSR count). The summed E-state index contributed by atoms with van der Waals surface area (Å²) in [5, 5.41) is 14.7. The van der Waals surface area contributed by atoms with E-state index in [1.165, 1.54) is 19.2 Å². The first kappa shape index (κ1) is 19.5. The highest BCUT2D eigenvalue weighted by molar-refractivity contribution is 7.89. The normalized spacial score (nSPS) is 12.5. The van der Waals surface area contributed by atoms with Crippen molar-refractivity contribution >= 4 is 21.4 Å². The summed E-state index contributed by atoms with van der Waals surface area (Å²) in [6.07, 6.45) is 3.42. The Kier molecular flexibility index (Phi) is 5.43. The zero-order valence-electron chi connectivity index (χ0n) is 15.2. The second-order valence-corrected chi connectivity index (χ2v) is 7.91. The zero-order valence-corrected chi connectivity index (χ0v) is 16.1. The third-order valence-electron chi connectivity index (χ3n) is 4.29. The van der Waals surface area contributed by atoms with Gasteiger partial charge in [0.1, 0.15) is 17.6 Å². The molecule has 1 aromatic heterocycles. The molecule has 10 heteroatoms. The zero-order chi connectivity index (χ0) is 20.3. The average Bonchev–Trinajstić information content (AvgIpc) is 3.12. The van der Waals surface area contributed by atoms with Gasteiger partial charge in [-0.2, -0.15) is 0 Å². The minimum atomic E-state index is -3.80. The number of nitro benzene ring substituents is 1. The lowest BCUT2D eigenvalue weighted by Gasteiger charge is -2.20. The molecule has 2 aromatic carbocycles. The number of sulfonamides is 1. The van der Waals surface area contributed by atoms with Gasteiger partial charge in [-0.3, -0.25) is 10.1 Å². The Morgan fingerprint density at radius 2 is 1.89 bits per heavy atom. The predicted molar refractivity (Wildman–Crippen MR) is 104 cm³/mol. The lowest BCUT2D eigenvalue weighted by Crippen LogP contribution is -2.20. The molecule has 1 atom stereocenters. The topological polar surface area (TPSA) is 119 Å². The van der Waals surface area contributed by atoms with Gasteiger partial charge in [0.25, 0.3) is 5.69 Å². The SMILES string of the molecule is CNS(=O)(=O)c1ccc(NC(c2ccccc2)c2nccn2C)c([N+](=O)[O-])c1. The first-order valence-corrected chi connectivity index (χ1v) is 9.82. The van der Waals surface area contributed by atoms with Crippen molar-refractivity contribution in [1.82, 2.24) is 14.3 Å². The molecule has 0 fully saturated rings. The van der Waals surface area contributed by atoms with Gasteiger partial charge in [0, 0.05) is 25.5 Å². The highest BCUT2D eigenvalue weighted by Crippen LogP contribution is 2.32. The van der Waals surface area contributed by atoms with Gasteiger partial charge in [-0.1, -0.05) is 30.3 Å². The van der Waals surface area contributed by atoms with Crippen molar-refractivity contribution in [3.8, 4) is 0 Å². The van der Waals surface area contributed by atoms with Crippen molar-refractivity contribution in [3.63, 3.8) is 0 Å². The van der Waals surface area contributed by atoms with Crippen molar-refractivity contribution in [2.24, 2.45) is 7.05 Å². The maximum atomic E-state index is 12.0. The van der Waals surface area contributed by atoms with Crippen molar-refractivity contribution < 1.29 is 13.3 Å². The third-order valence-corrected chi connectivity index (χ3v) is 5.71. The van der Waals surface area contributed by atoms with Crippen LogP contribution in [-0.4, -0.2) is 29.9 Å². The van der Waals surface area contributed by atoms with E-state index in [1.807, 2.05) is 41.9 Å². The number of nitrogens with one attached hydrogen (secondary N) is 2. The lowest BCUT2D eigenvalue weighted by atomic mass is 10.1. The number of aryl methyl sites for hydroxylation is 1. The molecular weight excluding hydrogens is 382 g/mol. The summed E-state index contributed by atoms with van der Waals surface area (Å²) in [5.41, 5.74) is 0.710. The molecule has 0 aliphatic heterocycles. The molecule has 0 saturated heterocycles. The summed E-state index contributed by atoms with van der Waals surface area (Å²) in [6.45, 7) is 0. The number of hydrogen-bond acceptors (Lipinski definition) is 6. The molecule has 0 aliphatic rings. The van der Waals surface area contributed by atoms with Crippen molar-refractivity contribution in [2.75, 3.05) is 12.4 Å². The minimum Gasteiger partial charge on any atom is -0.366 e. The molecule has 0 bridgehead atoms. The highest BCUT2D eigenvalue weighted by Gasteiger charge is 2.25. The van der Waals surface area contributed by atoms with E-state index in [1.54, 1.807) is 12.4 Å². The van der Waals surface area contributed by atoms with Crippen LogP contribution in [0, 0.1) is 10.1 Å². The standard InChI is InChI=1S/C18H19N5O4S/c1-19-28(26,27)14-8-9-15(16(12-14)23(24)25)21-17(13-6-4-3-5-7-13)18-20-10-11-22(18)2/h3-12,17,19,21H,1-2H3. The van der Waals surface area contributed by atoms with Gasteiger partial charge < -0.3 is 9.88 Å². The number of imidazole rings is 1. The van der Waals surface area contributed by atoms with Crippen LogP contribution in [-0.2, 0) is 17.1 Å². The fourth-order valence-corrected chi connectivity index (χ4v) is 3.57. The smallest absolute Gasteiger partial charge is 0.293 e. The van der Waals surface area contributed by atoms with Crippen LogP contribution in [0.1, 0.15) is 17.4 Å². The van der Waals surface area contributed by atoms with E-state index in [9.17, 15) is 18.5 Å². The van der Waals surface area contributed by atoms with Gasteiger partial charge in [-0.05, 0) is 24.7 Å². The predicted octanol–water partition coefficient (Wildman–Crippen LogP) is 2.44. The summed E-state index contributed by atoms with van der Waals surface area (Å²) in [6, 6.07) is 12.7. The Labute approximate surface area is 162 Å². The van der Waals surface area contributed by atoms with Crippen LogP contribution in [0.15, 0.2) is 65.8 Å². The van der Waals surface area contributed by atoms with E-state index >= 15 is 0 Å². The van der Waals surface area contributed by atoms with Crippen molar-refractivity contribution in [3.05, 3.63) is 82.4 Å². The Morgan fingerprint density at radius 3 is 2.46 bits per heavy atom. The van der Waals surface area contributed by atoms with Crippen LogP contribution >= 0.6 is 0 Å². The molecule has 28 heavy (non-hydrogen) atoms. The molecule has 9 nitrogen and oxygen atoms in total. The molecule has 0 saturated carbocycles. The summed E-state index contributed by atoms with van der Waals surface area (Å²) >= 11 is 0. The van der Waals surface area contributed by atoms with Gasteiger partial charge in [0.05, 0.1) is 9.82 Å². The number of rotatable bonds is 7. The Morgan fingerprint density at radius 1 is 1.18 bits per heavy atom. The number of nitro groups is 1. The minimum absolute atomic E-state index is 0.180. The maximum absolute atomic E-state index is 12.0. The Bertz CT molecular complexity index is 1100. The quantitative estimate of drug-likeness (QED) is 0.464. The van der Waals surface area contributed by atoms with Gasteiger partial charge in [0.2, 0.25) is 10.0 Å². The molecular formula is C18H19N5O4S. The van der Waals surface area contributed by atoms with Crippen LogP contribution in [0.5, 0.6) is 0 Å². The fraction of sp³-hybridized carbons (Fsp3) is 0.167. The highest BCUT2D eigenvalue weighted by atomic mass is 32.2. The summed E-state index contributed by atoms with van der Waals surface area (Å²) < 4.78 is 28.0. The first-order chi connectivity index (χ1) is 13.3. The summed E-state index contributed by atoms with van der Waals surface area (Å²) in [5.74, 6) is 0.660. The molecule has 0 radical (unpaired) electrons. The van der Waals surface area contributed by atoms with E-state index in [2.05, 4.69) is 15.0 Å². The van der Waals surface area contributed by atoms with E-state index in [-0.39, 0.29) is 16.3 Å². The number of aromatic nitrogens is 2. The summed E-state index contributed by atoms with van der Waals surface area (Å²) in [4.78, 5) is 15.2. The third kappa shape index (κ3) is 3.87. The summed E-state index contributed by atoms with van der Waals surface area (Å²) in [7, 11) is -0.720. The molecule has 2 N–H and O–H groups in total. The van der Waals surface area contributed by atoms with Crippen LogP contribution in [0.4, 0.5) is 11.4 Å². The monoisotopic (exact) mass is 401 g/mol. The number of nitrogens with zero attached hydrogens (tertiary/aromatic N) is 3. The molecule has 0 spiro atoms. The van der Waals surface area contributed by atoms with E-state index in [0.717, 1.165) is 11.6 Å². The van der Waals surface area contributed by atoms with E-state index in [4.69, 9.17) is 0 Å². The molecule has 1 unspecified atom stereocenters. The number of anilines is 1. The van der Waals surface area contributed by atoms with Gasteiger partial charge in [-0.25, -0.2) is 18.1 Å². The van der Waals surface area contributed by atoms with Gasteiger partial charge >= 0.3 is 0 Å². The second-order valence-electron chi connectivity index (χ2n) is 6.03. The molecule has 3 aromatic rings. The number of benzene rings is 2. The molecule has 146 valence electrons. The van der Waals surface area contributed by atoms with Crippen LogP contribution < -0.4 is 10.0 Å².